The topological polar surface area (TPSA) is 75.9 Å². The van der Waals surface area contributed by atoms with Crippen molar-refractivity contribution in [2.75, 3.05) is 10.7 Å². The number of aromatic nitrogens is 2. The molecule has 1 heterocycles. The number of rotatable bonds is 6. The van der Waals surface area contributed by atoms with Crippen molar-refractivity contribution >= 4 is 11.6 Å². The summed E-state index contributed by atoms with van der Waals surface area (Å²) in [5, 5.41) is 3.47. The molecule has 0 aliphatic rings. The Hall–Kier alpha value is -2.14. The summed E-state index contributed by atoms with van der Waals surface area (Å²) in [4.78, 5) is 9.02. The van der Waals surface area contributed by atoms with Gasteiger partial charge in [0.05, 0.1) is 0 Å². The fourth-order valence-electron chi connectivity index (χ4n) is 2.24. The molecule has 0 aliphatic carbocycles. The first-order chi connectivity index (χ1) is 10.1. The average Bonchev–Trinajstić information content (AvgIpc) is 2.52. The molecule has 0 radical (unpaired) electrons. The lowest BCUT2D eigenvalue weighted by molar-refractivity contribution is 0.510. The third-order valence-corrected chi connectivity index (χ3v) is 3.48. The smallest absolute Gasteiger partial charge is 0.163 e. The van der Waals surface area contributed by atoms with Crippen LogP contribution in [0, 0.1) is 5.92 Å². The van der Waals surface area contributed by atoms with Crippen molar-refractivity contribution in [3.63, 3.8) is 0 Å². The minimum absolute atomic E-state index is 0.370. The molecule has 0 amide bonds. The van der Waals surface area contributed by atoms with Crippen LogP contribution in [0.4, 0.5) is 11.6 Å². The van der Waals surface area contributed by atoms with Crippen LogP contribution in [0.3, 0.4) is 0 Å². The van der Waals surface area contributed by atoms with E-state index in [9.17, 15) is 0 Å². The number of nitrogen functional groups attached to an aromatic ring is 1. The molecule has 112 valence electrons. The summed E-state index contributed by atoms with van der Waals surface area (Å²) in [6, 6.07) is 12.1. The first kappa shape index (κ1) is 15.3. The predicted octanol–water partition coefficient (Wildman–Crippen LogP) is 3.28. The van der Waals surface area contributed by atoms with Gasteiger partial charge in [0.25, 0.3) is 0 Å². The first-order valence-electron chi connectivity index (χ1n) is 7.31. The zero-order chi connectivity index (χ0) is 15.2. The van der Waals surface area contributed by atoms with Crippen LogP contribution < -0.4 is 16.6 Å². The SMILES string of the molecule is CCC(Nc1cc(NN)nc(-c2ccccc2)n1)C(C)C. The molecule has 2 aromatic rings. The number of nitrogens with one attached hydrogen (secondary N) is 2. The van der Waals surface area contributed by atoms with Gasteiger partial charge in [-0.3, -0.25) is 0 Å². The van der Waals surface area contributed by atoms with Crippen molar-refractivity contribution in [3.8, 4) is 11.4 Å². The molecular formula is C16H23N5. The van der Waals surface area contributed by atoms with Crippen molar-refractivity contribution in [1.82, 2.24) is 9.97 Å². The van der Waals surface area contributed by atoms with Gasteiger partial charge in [0.15, 0.2) is 5.82 Å². The van der Waals surface area contributed by atoms with Gasteiger partial charge >= 0.3 is 0 Å². The Morgan fingerprint density at radius 1 is 1.10 bits per heavy atom. The Balaban J connectivity index is 2.34. The van der Waals surface area contributed by atoms with Gasteiger partial charge in [-0.25, -0.2) is 15.8 Å². The van der Waals surface area contributed by atoms with Gasteiger partial charge in [0, 0.05) is 17.7 Å². The van der Waals surface area contributed by atoms with Crippen LogP contribution in [-0.2, 0) is 0 Å². The van der Waals surface area contributed by atoms with E-state index < -0.39 is 0 Å². The van der Waals surface area contributed by atoms with Crippen molar-refractivity contribution < 1.29 is 0 Å². The molecule has 1 aromatic heterocycles. The maximum Gasteiger partial charge on any atom is 0.163 e. The van der Waals surface area contributed by atoms with E-state index in [-0.39, 0.29) is 0 Å². The Morgan fingerprint density at radius 3 is 2.33 bits per heavy atom. The third kappa shape index (κ3) is 3.92. The molecule has 0 fully saturated rings. The summed E-state index contributed by atoms with van der Waals surface area (Å²) in [6.45, 7) is 6.56. The minimum atomic E-state index is 0.370. The third-order valence-electron chi connectivity index (χ3n) is 3.48. The maximum absolute atomic E-state index is 5.52. The first-order valence-corrected chi connectivity index (χ1v) is 7.31. The van der Waals surface area contributed by atoms with Crippen LogP contribution in [0.15, 0.2) is 36.4 Å². The highest BCUT2D eigenvalue weighted by Crippen LogP contribution is 2.21. The molecule has 1 aromatic carbocycles. The van der Waals surface area contributed by atoms with Crippen molar-refractivity contribution in [2.24, 2.45) is 11.8 Å². The average molecular weight is 285 g/mol. The number of benzene rings is 1. The molecule has 1 atom stereocenters. The second-order valence-corrected chi connectivity index (χ2v) is 5.38. The van der Waals surface area contributed by atoms with Gasteiger partial charge in [-0.1, -0.05) is 51.1 Å². The van der Waals surface area contributed by atoms with E-state index in [1.807, 2.05) is 36.4 Å². The normalized spacial score (nSPS) is 12.2. The van der Waals surface area contributed by atoms with Gasteiger partial charge < -0.3 is 10.7 Å². The summed E-state index contributed by atoms with van der Waals surface area (Å²) in [7, 11) is 0. The predicted molar refractivity (Wildman–Crippen MR) is 87.8 cm³/mol. The van der Waals surface area contributed by atoms with Crippen LogP contribution in [0.1, 0.15) is 27.2 Å². The number of nitrogens with zero attached hydrogens (tertiary/aromatic N) is 2. The van der Waals surface area contributed by atoms with Crippen LogP contribution in [0.25, 0.3) is 11.4 Å². The van der Waals surface area contributed by atoms with Gasteiger partial charge in [0.1, 0.15) is 11.6 Å². The standard InChI is InChI=1S/C16H23N5/c1-4-13(11(2)3)18-14-10-15(21-17)20-16(19-14)12-8-6-5-7-9-12/h5-11,13H,4,17H2,1-3H3,(H2,18,19,20,21). The Morgan fingerprint density at radius 2 is 1.76 bits per heavy atom. The second-order valence-electron chi connectivity index (χ2n) is 5.38. The molecule has 4 N–H and O–H groups in total. The fourth-order valence-corrected chi connectivity index (χ4v) is 2.24. The monoisotopic (exact) mass is 285 g/mol. The van der Waals surface area contributed by atoms with Gasteiger partial charge in [0.2, 0.25) is 0 Å². The summed E-state index contributed by atoms with van der Waals surface area (Å²) >= 11 is 0. The zero-order valence-electron chi connectivity index (χ0n) is 12.8. The Bertz CT molecular complexity index is 568. The number of nitrogens with two attached hydrogens (primary N) is 1. The van der Waals surface area contributed by atoms with Crippen LogP contribution in [0.5, 0.6) is 0 Å². The fraction of sp³-hybridized carbons (Fsp3) is 0.375. The Kier molecular flexibility index (Phi) is 5.11. The molecule has 1 unspecified atom stereocenters. The lowest BCUT2D eigenvalue weighted by atomic mass is 10.0. The van der Waals surface area contributed by atoms with E-state index in [1.165, 1.54) is 0 Å². The summed E-state index contributed by atoms with van der Waals surface area (Å²) in [6.07, 6.45) is 1.04. The molecule has 0 saturated heterocycles. The van der Waals surface area contributed by atoms with Gasteiger partial charge in [-0.05, 0) is 12.3 Å². The van der Waals surface area contributed by atoms with E-state index in [1.54, 1.807) is 0 Å². The van der Waals surface area contributed by atoms with Gasteiger partial charge in [-0.15, -0.1) is 0 Å². The van der Waals surface area contributed by atoms with Crippen molar-refractivity contribution in [1.29, 1.82) is 0 Å². The van der Waals surface area contributed by atoms with E-state index in [2.05, 4.69) is 41.5 Å². The molecule has 0 aliphatic heterocycles. The van der Waals surface area contributed by atoms with Crippen molar-refractivity contribution in [3.05, 3.63) is 36.4 Å². The van der Waals surface area contributed by atoms with Crippen LogP contribution in [-0.4, -0.2) is 16.0 Å². The van der Waals surface area contributed by atoms with Crippen LogP contribution >= 0.6 is 0 Å². The minimum Gasteiger partial charge on any atom is -0.367 e. The highest BCUT2D eigenvalue weighted by molar-refractivity contribution is 5.61. The molecular weight excluding hydrogens is 262 g/mol. The maximum atomic E-state index is 5.52. The van der Waals surface area contributed by atoms with Crippen LogP contribution in [0.2, 0.25) is 0 Å². The summed E-state index contributed by atoms with van der Waals surface area (Å²) < 4.78 is 0. The molecule has 5 nitrogen and oxygen atoms in total. The molecule has 21 heavy (non-hydrogen) atoms. The van der Waals surface area contributed by atoms with E-state index >= 15 is 0 Å². The van der Waals surface area contributed by atoms with E-state index in [4.69, 9.17) is 5.84 Å². The highest BCUT2D eigenvalue weighted by Gasteiger charge is 2.13. The second kappa shape index (κ2) is 7.04. The number of anilines is 2. The molecule has 5 heteroatoms. The largest absolute Gasteiger partial charge is 0.367 e. The lowest BCUT2D eigenvalue weighted by Crippen LogP contribution is -2.25. The summed E-state index contributed by atoms with van der Waals surface area (Å²) in [5.41, 5.74) is 3.57. The summed E-state index contributed by atoms with van der Waals surface area (Å²) in [5.74, 6) is 8.10. The quantitative estimate of drug-likeness (QED) is 0.561. The number of hydrogen-bond donors (Lipinski definition) is 3. The van der Waals surface area contributed by atoms with E-state index in [0.29, 0.717) is 23.6 Å². The number of hydrazine groups is 1. The lowest BCUT2D eigenvalue weighted by Gasteiger charge is -2.21. The molecule has 0 spiro atoms. The molecule has 0 saturated carbocycles. The molecule has 0 bridgehead atoms. The van der Waals surface area contributed by atoms with Gasteiger partial charge in [-0.2, -0.15) is 0 Å². The zero-order valence-corrected chi connectivity index (χ0v) is 12.8. The van der Waals surface area contributed by atoms with E-state index in [0.717, 1.165) is 17.8 Å². The highest BCUT2D eigenvalue weighted by atomic mass is 15.3. The van der Waals surface area contributed by atoms with Crippen molar-refractivity contribution in [2.45, 2.75) is 33.2 Å². The molecule has 2 rings (SSSR count). The Labute approximate surface area is 126 Å². The number of hydrogen-bond acceptors (Lipinski definition) is 5.